The number of benzene rings is 2. The van der Waals surface area contributed by atoms with Gasteiger partial charge < -0.3 is 23.7 Å². The molecule has 1 saturated heterocycles. The van der Waals surface area contributed by atoms with Crippen molar-refractivity contribution < 1.29 is 42.9 Å². The van der Waals surface area contributed by atoms with Gasteiger partial charge in [-0.15, -0.1) is 0 Å². The van der Waals surface area contributed by atoms with Gasteiger partial charge in [-0.25, -0.2) is 0 Å². The summed E-state index contributed by atoms with van der Waals surface area (Å²) in [5.41, 5.74) is -2.37. The maximum absolute atomic E-state index is 14.2. The van der Waals surface area contributed by atoms with Gasteiger partial charge in [0.2, 0.25) is 0 Å². The third-order valence-corrected chi connectivity index (χ3v) is 17.6. The van der Waals surface area contributed by atoms with E-state index in [2.05, 4.69) is 45.0 Å². The molecule has 0 unspecified atom stereocenters. The lowest BCUT2D eigenvalue weighted by Crippen LogP contribution is -2.67. The van der Waals surface area contributed by atoms with E-state index in [9.17, 15) is 24.3 Å². The first-order chi connectivity index (χ1) is 24.0. The van der Waals surface area contributed by atoms with E-state index in [1.54, 1.807) is 13.8 Å². The van der Waals surface area contributed by atoms with Crippen molar-refractivity contribution in [1.82, 2.24) is 0 Å². The molecule has 276 valence electrons. The SMILES string of the molecule is CC(=O)O[C@H](C[C@@]1(C)C(=O)CC[C@@H]1CO[Si](c1ccccc1)(c1ccccc1)C(C)(C)C)[C@H]1CC(=O)C[C@@H]2[C@H]3OC(C)(C)O[C@H]3CC(=O)[C@@]21CO. The zero-order chi connectivity index (χ0) is 37.0. The minimum Gasteiger partial charge on any atom is -0.462 e. The monoisotopic (exact) mass is 718 g/mol. The van der Waals surface area contributed by atoms with Gasteiger partial charge in [0.1, 0.15) is 23.5 Å². The summed E-state index contributed by atoms with van der Waals surface area (Å²) >= 11 is 0. The predicted octanol–water partition coefficient (Wildman–Crippen LogP) is 4.94. The van der Waals surface area contributed by atoms with E-state index < -0.39 is 67.7 Å². The number of fused-ring (bicyclic) bond motifs is 3. The lowest BCUT2D eigenvalue weighted by molar-refractivity contribution is -0.190. The molecule has 0 amide bonds. The van der Waals surface area contributed by atoms with Crippen LogP contribution in [0.2, 0.25) is 5.04 Å². The van der Waals surface area contributed by atoms with Crippen molar-refractivity contribution in [2.75, 3.05) is 13.2 Å². The Labute approximate surface area is 302 Å². The van der Waals surface area contributed by atoms with Crippen LogP contribution in [0.1, 0.15) is 87.0 Å². The molecule has 3 aliphatic carbocycles. The normalized spacial score (nSPS) is 32.7. The Bertz CT molecular complexity index is 1600. The first-order valence-corrected chi connectivity index (χ1v) is 20.4. The van der Waals surface area contributed by atoms with Crippen LogP contribution >= 0.6 is 0 Å². The van der Waals surface area contributed by atoms with Gasteiger partial charge in [0.25, 0.3) is 8.32 Å². The molecule has 10 heteroatoms. The van der Waals surface area contributed by atoms with Gasteiger partial charge in [-0.3, -0.25) is 19.2 Å². The summed E-state index contributed by atoms with van der Waals surface area (Å²) in [6, 6.07) is 20.7. The molecule has 2 aromatic carbocycles. The highest BCUT2D eigenvalue weighted by Gasteiger charge is 2.67. The van der Waals surface area contributed by atoms with E-state index >= 15 is 0 Å². The number of ether oxygens (including phenoxy) is 3. The van der Waals surface area contributed by atoms with Crippen molar-refractivity contribution >= 4 is 42.0 Å². The molecule has 6 rings (SSSR count). The van der Waals surface area contributed by atoms with Gasteiger partial charge in [0, 0.05) is 56.5 Å². The molecular formula is C41H54O9Si. The summed E-state index contributed by atoms with van der Waals surface area (Å²) in [4.78, 5) is 54.6. The fourth-order valence-corrected chi connectivity index (χ4v) is 14.7. The number of ketones is 3. The van der Waals surface area contributed by atoms with Crippen LogP contribution < -0.4 is 10.4 Å². The molecule has 0 bridgehead atoms. The van der Waals surface area contributed by atoms with Crippen molar-refractivity contribution in [3.05, 3.63) is 60.7 Å². The van der Waals surface area contributed by atoms with Crippen molar-refractivity contribution in [3.63, 3.8) is 0 Å². The number of hydrogen-bond acceptors (Lipinski definition) is 9. The maximum atomic E-state index is 14.2. The number of carbonyl (C=O) groups excluding carboxylic acids is 4. The molecule has 2 aromatic rings. The maximum Gasteiger partial charge on any atom is 0.302 e. The second-order valence-corrected chi connectivity index (χ2v) is 21.3. The Hall–Kier alpha value is -3.02. The Morgan fingerprint density at radius 2 is 1.53 bits per heavy atom. The standard InChI is InChI=1S/C41H54O9Si/c1-26(43)48-34(31-20-28(44)21-32-37-33(49-39(5,6)50-37)22-36(46)41(31,32)25-42)23-40(7)27(18-19-35(40)45)24-47-51(38(2,3)4,29-14-10-8-11-15-29)30-16-12-9-13-17-30/h8-17,27,31-34,37,42H,18-25H2,1-7H3/t27-,31-,32-,33+,34-,37-,40-,41-/m1/s1. The van der Waals surface area contributed by atoms with Crippen LogP contribution in [0, 0.1) is 28.6 Å². The second kappa shape index (κ2) is 13.8. The molecule has 3 saturated carbocycles. The highest BCUT2D eigenvalue weighted by Crippen LogP contribution is 2.58. The molecule has 1 N–H and O–H groups in total. The van der Waals surface area contributed by atoms with Crippen molar-refractivity contribution in [1.29, 1.82) is 0 Å². The third kappa shape index (κ3) is 6.49. The molecule has 1 heterocycles. The van der Waals surface area contributed by atoms with Crippen LogP contribution in [0.5, 0.6) is 0 Å². The summed E-state index contributed by atoms with van der Waals surface area (Å²) in [5.74, 6) is -3.50. The average molecular weight is 719 g/mol. The Morgan fingerprint density at radius 1 is 0.922 bits per heavy atom. The molecule has 9 nitrogen and oxygen atoms in total. The van der Waals surface area contributed by atoms with E-state index in [1.807, 2.05) is 43.3 Å². The van der Waals surface area contributed by atoms with Crippen LogP contribution in [-0.2, 0) is 37.8 Å². The first kappa shape index (κ1) is 37.7. The number of esters is 1. The van der Waals surface area contributed by atoms with Crippen molar-refractivity contribution in [2.24, 2.45) is 28.6 Å². The van der Waals surface area contributed by atoms with E-state index in [0.29, 0.717) is 19.4 Å². The molecular weight excluding hydrogens is 665 g/mol. The first-order valence-electron chi connectivity index (χ1n) is 18.5. The van der Waals surface area contributed by atoms with Gasteiger partial charge in [0.05, 0.1) is 24.2 Å². The number of carbonyl (C=O) groups is 4. The number of aliphatic hydroxyl groups is 1. The lowest BCUT2D eigenvalue weighted by Gasteiger charge is -2.54. The molecule has 0 aromatic heterocycles. The molecule has 51 heavy (non-hydrogen) atoms. The highest BCUT2D eigenvalue weighted by atomic mass is 28.4. The Balaban J connectivity index is 1.36. The van der Waals surface area contributed by atoms with Crippen molar-refractivity contribution in [2.45, 2.75) is 116 Å². The lowest BCUT2D eigenvalue weighted by atomic mass is 9.50. The van der Waals surface area contributed by atoms with Gasteiger partial charge in [-0.2, -0.15) is 0 Å². The largest absolute Gasteiger partial charge is 0.462 e. The second-order valence-electron chi connectivity index (χ2n) is 17.0. The van der Waals surface area contributed by atoms with Crippen LogP contribution in [0.3, 0.4) is 0 Å². The van der Waals surface area contributed by atoms with Gasteiger partial charge >= 0.3 is 5.97 Å². The summed E-state index contributed by atoms with van der Waals surface area (Å²) in [6.45, 7) is 13.2. The van der Waals surface area contributed by atoms with Crippen LogP contribution in [0.15, 0.2) is 60.7 Å². The van der Waals surface area contributed by atoms with Crippen LogP contribution in [0.4, 0.5) is 0 Å². The van der Waals surface area contributed by atoms with Crippen molar-refractivity contribution in [3.8, 4) is 0 Å². The van der Waals surface area contributed by atoms with E-state index in [4.69, 9.17) is 18.6 Å². The minimum absolute atomic E-state index is 0.0216. The van der Waals surface area contributed by atoms with E-state index in [1.165, 1.54) is 6.92 Å². The van der Waals surface area contributed by atoms with E-state index in [0.717, 1.165) is 10.4 Å². The molecule has 8 atom stereocenters. The van der Waals surface area contributed by atoms with Gasteiger partial charge in [-0.05, 0) is 48.0 Å². The zero-order valence-electron chi connectivity index (χ0n) is 31.1. The van der Waals surface area contributed by atoms with Crippen LogP contribution in [0.25, 0.3) is 0 Å². The number of hydrogen-bond donors (Lipinski definition) is 1. The average Bonchev–Trinajstić information content (AvgIpc) is 3.53. The number of rotatable bonds is 10. The summed E-state index contributed by atoms with van der Waals surface area (Å²) in [5, 5.41) is 13.2. The molecule has 4 aliphatic rings. The zero-order valence-corrected chi connectivity index (χ0v) is 32.1. The molecule has 0 radical (unpaired) electrons. The fraction of sp³-hybridized carbons (Fsp3) is 0.610. The topological polar surface area (TPSA) is 125 Å². The smallest absolute Gasteiger partial charge is 0.302 e. The minimum atomic E-state index is -2.93. The molecule has 0 spiro atoms. The van der Waals surface area contributed by atoms with Gasteiger partial charge in [-0.1, -0.05) is 88.4 Å². The number of aliphatic hydroxyl groups excluding tert-OH is 1. The molecule has 1 aliphatic heterocycles. The Morgan fingerprint density at radius 3 is 2.08 bits per heavy atom. The fourth-order valence-electron chi connectivity index (χ4n) is 10.1. The van der Waals surface area contributed by atoms with Crippen LogP contribution in [-0.4, -0.2) is 74.1 Å². The predicted molar refractivity (Wildman–Crippen MR) is 194 cm³/mol. The summed E-state index contributed by atoms with van der Waals surface area (Å²) in [6.07, 6.45) is -1.00. The molecule has 4 fully saturated rings. The highest BCUT2D eigenvalue weighted by molar-refractivity contribution is 6.99. The summed E-state index contributed by atoms with van der Waals surface area (Å²) in [7, 11) is -2.93. The third-order valence-electron chi connectivity index (χ3n) is 12.6. The number of Topliss-reactive ketones (excluding diaryl/α,β-unsaturated/α-hetero) is 3. The van der Waals surface area contributed by atoms with E-state index in [-0.39, 0.29) is 54.0 Å². The summed E-state index contributed by atoms with van der Waals surface area (Å²) < 4.78 is 25.8. The quantitative estimate of drug-likeness (QED) is 0.269. The van der Waals surface area contributed by atoms with Gasteiger partial charge in [0.15, 0.2) is 5.79 Å². The Kier molecular flexibility index (Phi) is 10.2.